The Balaban J connectivity index is 1.81. The molecule has 2 aromatic carbocycles. The highest BCUT2D eigenvalue weighted by Gasteiger charge is 2.39. The number of benzene rings is 2. The highest BCUT2D eigenvalue weighted by atomic mass is 16.5. The van der Waals surface area contributed by atoms with E-state index >= 15 is 0 Å². The third kappa shape index (κ3) is 9.11. The first-order valence-electron chi connectivity index (χ1n) is 14.4. The van der Waals surface area contributed by atoms with E-state index in [0.29, 0.717) is 50.2 Å². The number of aryl methyl sites for hydroxylation is 1. The van der Waals surface area contributed by atoms with Gasteiger partial charge in [0.05, 0.1) is 32.5 Å². The Morgan fingerprint density at radius 1 is 1.02 bits per heavy atom. The number of nitrogens with one attached hydrogen (secondary N) is 1. The van der Waals surface area contributed by atoms with Crippen molar-refractivity contribution in [1.29, 1.82) is 0 Å². The van der Waals surface area contributed by atoms with E-state index < -0.39 is 12.2 Å². The molecule has 5 unspecified atom stereocenters. The number of aliphatic hydroxyl groups excluding tert-OH is 2. The summed E-state index contributed by atoms with van der Waals surface area (Å²) in [6.07, 6.45) is 2.32. The second-order valence-corrected chi connectivity index (χ2v) is 10.5. The monoisotopic (exact) mass is 577 g/mol. The third-order valence-electron chi connectivity index (χ3n) is 7.63. The number of rotatable bonds is 17. The zero-order chi connectivity index (χ0) is 29.8. The Morgan fingerprint density at radius 3 is 2.46 bits per heavy atom. The molecule has 0 aliphatic carbocycles. The topological polar surface area (TPSA) is 139 Å². The lowest BCUT2D eigenvalue weighted by Gasteiger charge is -2.40. The molecule has 1 aliphatic heterocycles. The number of likely N-dealkylation sites (N-methyl/N-ethyl adjacent to an activating group) is 1. The summed E-state index contributed by atoms with van der Waals surface area (Å²) in [5.41, 5.74) is 1.68. The van der Waals surface area contributed by atoms with Gasteiger partial charge in [0.25, 0.3) is 0 Å². The Labute approximate surface area is 243 Å². The van der Waals surface area contributed by atoms with Gasteiger partial charge in [0.2, 0.25) is 5.75 Å². The molecule has 1 aliphatic rings. The molecule has 10 heteroatoms. The molecular formula is C31H47NO9. The van der Waals surface area contributed by atoms with Gasteiger partial charge in [-0.05, 0) is 80.5 Å². The number of phenols is 2. The second kappa shape index (κ2) is 16.6. The molecule has 5 N–H and O–H groups in total. The number of aliphatic hydroxyl groups is 2. The van der Waals surface area contributed by atoms with E-state index in [1.165, 1.54) is 14.2 Å². The number of aromatic hydroxyl groups is 2. The van der Waals surface area contributed by atoms with Crippen molar-refractivity contribution < 1.29 is 44.1 Å². The van der Waals surface area contributed by atoms with Crippen molar-refractivity contribution in [3.8, 4) is 28.7 Å². The summed E-state index contributed by atoms with van der Waals surface area (Å²) in [5, 5.41) is 45.1. The van der Waals surface area contributed by atoms with Gasteiger partial charge in [-0.2, -0.15) is 0 Å². The fourth-order valence-electron chi connectivity index (χ4n) is 5.45. The normalized spacial score (nSPS) is 21.4. The summed E-state index contributed by atoms with van der Waals surface area (Å²) in [4.78, 5) is 0. The highest BCUT2D eigenvalue weighted by molar-refractivity contribution is 5.53. The van der Waals surface area contributed by atoms with Crippen LogP contribution in [0, 0.1) is 5.92 Å². The average Bonchev–Trinajstić information content (AvgIpc) is 2.97. The van der Waals surface area contributed by atoms with Crippen LogP contribution in [0.3, 0.4) is 0 Å². The van der Waals surface area contributed by atoms with E-state index in [1.54, 1.807) is 31.4 Å². The van der Waals surface area contributed by atoms with Gasteiger partial charge in [-0.3, -0.25) is 0 Å². The van der Waals surface area contributed by atoms with Crippen LogP contribution in [0.5, 0.6) is 28.7 Å². The van der Waals surface area contributed by atoms with Gasteiger partial charge in [0.1, 0.15) is 6.61 Å². The van der Waals surface area contributed by atoms with Crippen LogP contribution in [0.25, 0.3) is 0 Å². The summed E-state index contributed by atoms with van der Waals surface area (Å²) in [7, 11) is 4.67. The van der Waals surface area contributed by atoms with Crippen molar-refractivity contribution in [1.82, 2.24) is 5.32 Å². The minimum atomic E-state index is -0.691. The lowest BCUT2D eigenvalue weighted by atomic mass is 9.82. The maximum Gasteiger partial charge on any atom is 0.200 e. The number of hydrogen-bond donors (Lipinski definition) is 5. The van der Waals surface area contributed by atoms with Crippen LogP contribution < -0.4 is 19.5 Å². The Hall–Kier alpha value is -2.76. The molecule has 0 aromatic heterocycles. The molecule has 0 saturated carbocycles. The second-order valence-electron chi connectivity index (χ2n) is 10.5. The van der Waals surface area contributed by atoms with Gasteiger partial charge in [-0.15, -0.1) is 0 Å². The Kier molecular flexibility index (Phi) is 13.3. The van der Waals surface area contributed by atoms with Crippen LogP contribution in [0.2, 0.25) is 0 Å². The average molecular weight is 578 g/mol. The van der Waals surface area contributed by atoms with Crippen LogP contribution in [0.1, 0.15) is 56.3 Å². The molecule has 1 fully saturated rings. The van der Waals surface area contributed by atoms with Gasteiger partial charge >= 0.3 is 0 Å². The summed E-state index contributed by atoms with van der Waals surface area (Å²) in [6.45, 7) is 3.72. The van der Waals surface area contributed by atoms with E-state index in [9.17, 15) is 20.4 Å². The van der Waals surface area contributed by atoms with E-state index in [2.05, 4.69) is 5.32 Å². The minimum Gasteiger partial charge on any atom is -0.504 e. The lowest BCUT2D eigenvalue weighted by molar-refractivity contribution is -0.144. The Bertz CT molecular complexity index is 1070. The van der Waals surface area contributed by atoms with E-state index in [4.69, 9.17) is 23.7 Å². The van der Waals surface area contributed by atoms with E-state index in [1.807, 2.05) is 13.0 Å². The van der Waals surface area contributed by atoms with Crippen molar-refractivity contribution >= 4 is 0 Å². The van der Waals surface area contributed by atoms with Gasteiger partial charge < -0.3 is 49.4 Å². The molecule has 3 rings (SSSR count). The van der Waals surface area contributed by atoms with Crippen molar-refractivity contribution in [2.24, 2.45) is 5.92 Å². The van der Waals surface area contributed by atoms with Crippen molar-refractivity contribution in [3.63, 3.8) is 0 Å². The molecule has 2 aromatic rings. The predicted molar refractivity (Wildman–Crippen MR) is 155 cm³/mol. The van der Waals surface area contributed by atoms with Crippen molar-refractivity contribution in [3.05, 3.63) is 41.5 Å². The third-order valence-corrected chi connectivity index (χ3v) is 7.63. The number of ether oxygens (including phenoxy) is 5. The zero-order valence-electron chi connectivity index (χ0n) is 24.7. The summed E-state index contributed by atoms with van der Waals surface area (Å²) >= 11 is 0. The van der Waals surface area contributed by atoms with Crippen LogP contribution in [0.15, 0.2) is 30.3 Å². The maximum absolute atomic E-state index is 11.1. The van der Waals surface area contributed by atoms with Gasteiger partial charge in [0.15, 0.2) is 23.0 Å². The molecule has 0 radical (unpaired) electrons. The zero-order valence-corrected chi connectivity index (χ0v) is 24.7. The van der Waals surface area contributed by atoms with Gasteiger partial charge in [0, 0.05) is 32.3 Å². The predicted octanol–water partition coefficient (Wildman–Crippen LogP) is 3.72. The molecule has 230 valence electrons. The smallest absolute Gasteiger partial charge is 0.200 e. The largest absolute Gasteiger partial charge is 0.504 e. The molecule has 5 atom stereocenters. The lowest BCUT2D eigenvalue weighted by Crippen LogP contribution is -2.40. The molecular weight excluding hydrogens is 530 g/mol. The van der Waals surface area contributed by atoms with Crippen LogP contribution >= 0.6 is 0 Å². The van der Waals surface area contributed by atoms with Crippen LogP contribution in [-0.4, -0.2) is 86.4 Å². The first kappa shape index (κ1) is 32.8. The Morgan fingerprint density at radius 2 is 1.78 bits per heavy atom. The molecule has 41 heavy (non-hydrogen) atoms. The van der Waals surface area contributed by atoms with E-state index in [-0.39, 0.29) is 47.7 Å². The first-order valence-corrected chi connectivity index (χ1v) is 14.4. The highest BCUT2D eigenvalue weighted by Crippen LogP contribution is 2.45. The molecule has 0 bridgehead atoms. The number of phenolic OH excluding ortho intramolecular Hbond substituents is 2. The fourth-order valence-corrected chi connectivity index (χ4v) is 5.45. The fraction of sp³-hybridized carbons (Fsp3) is 0.613. The molecule has 0 spiro atoms. The quantitative estimate of drug-likeness (QED) is 0.177. The number of methoxy groups -OCH3 is 3. The van der Waals surface area contributed by atoms with E-state index in [0.717, 1.165) is 24.9 Å². The SMILES string of the molecule is CCNC(CCCOC)COc1cc(C2OC(CCc3ccc(O)c(OC)c3)CC(O)C2CCO)cc(OC)c1O. The summed E-state index contributed by atoms with van der Waals surface area (Å²) in [5.74, 6) is 0.557. The summed E-state index contributed by atoms with van der Waals surface area (Å²) < 4.78 is 28.6. The van der Waals surface area contributed by atoms with Crippen molar-refractivity contribution in [2.45, 2.75) is 69.8 Å². The molecule has 0 amide bonds. The van der Waals surface area contributed by atoms with Crippen LogP contribution in [-0.2, 0) is 15.9 Å². The maximum atomic E-state index is 11.1. The van der Waals surface area contributed by atoms with Crippen molar-refractivity contribution in [2.75, 3.05) is 47.7 Å². The standard InChI is InChI=1S/C31H47NO9/c1-5-32-22(7-6-14-37-2)19-40-29-17-21(16-28(39-4)30(29)36)31-24(12-13-33)26(35)18-23(41-31)10-8-20-9-11-25(34)27(15-20)38-3/h9,11,15-17,22-24,26,31-36H,5-8,10,12-14,18-19H2,1-4H3. The molecule has 10 nitrogen and oxygen atoms in total. The van der Waals surface area contributed by atoms with Crippen LogP contribution in [0.4, 0.5) is 0 Å². The minimum absolute atomic E-state index is 0.0713. The first-order chi connectivity index (χ1) is 19.8. The molecule has 1 heterocycles. The summed E-state index contributed by atoms with van der Waals surface area (Å²) in [6, 6.07) is 8.76. The van der Waals surface area contributed by atoms with Gasteiger partial charge in [-0.1, -0.05) is 13.0 Å². The number of hydrogen-bond acceptors (Lipinski definition) is 10. The molecule has 1 saturated heterocycles. The van der Waals surface area contributed by atoms with Gasteiger partial charge in [-0.25, -0.2) is 0 Å².